The van der Waals surface area contributed by atoms with E-state index in [0.717, 1.165) is 26.1 Å². The van der Waals surface area contributed by atoms with E-state index < -0.39 is 5.97 Å². The summed E-state index contributed by atoms with van der Waals surface area (Å²) < 4.78 is 10.9. The number of anilines is 1. The van der Waals surface area contributed by atoms with Gasteiger partial charge in [0.25, 0.3) is 0 Å². The minimum atomic E-state index is -1.04. The zero-order valence-corrected chi connectivity index (χ0v) is 10.1. The van der Waals surface area contributed by atoms with Crippen molar-refractivity contribution in [2.24, 2.45) is 5.92 Å². The van der Waals surface area contributed by atoms with Crippen molar-refractivity contribution < 1.29 is 19.4 Å². The largest absolute Gasteiger partial charge is 0.491 e. The summed E-state index contributed by atoms with van der Waals surface area (Å²) in [4.78, 5) is 10.9. The number of aromatic carboxylic acids is 1. The van der Waals surface area contributed by atoms with Crippen LogP contribution >= 0.6 is 0 Å². The zero-order chi connectivity index (χ0) is 13.0. The second-order valence-electron chi connectivity index (χ2n) is 4.39. The van der Waals surface area contributed by atoms with Gasteiger partial charge in [-0.2, -0.15) is 0 Å². The Morgan fingerprint density at radius 1 is 1.44 bits per heavy atom. The molecule has 5 heteroatoms. The first kappa shape index (κ1) is 12.7. The smallest absolute Gasteiger partial charge is 0.337 e. The molecule has 0 amide bonds. The molecular formula is C13H17NO4. The van der Waals surface area contributed by atoms with E-state index in [4.69, 9.17) is 20.3 Å². The molecule has 1 aliphatic heterocycles. The van der Waals surface area contributed by atoms with Crippen LogP contribution in [0.5, 0.6) is 5.75 Å². The number of carboxylic acid groups (broad SMARTS) is 1. The number of carboxylic acids is 1. The summed E-state index contributed by atoms with van der Waals surface area (Å²) in [5.74, 6) is -0.142. The van der Waals surface area contributed by atoms with Crippen LogP contribution in [-0.2, 0) is 4.74 Å². The fourth-order valence-corrected chi connectivity index (χ4v) is 1.98. The van der Waals surface area contributed by atoms with E-state index in [2.05, 4.69) is 0 Å². The zero-order valence-electron chi connectivity index (χ0n) is 10.1. The molecule has 0 aliphatic carbocycles. The fraction of sp³-hybridized carbons (Fsp3) is 0.462. The van der Waals surface area contributed by atoms with Gasteiger partial charge in [0.05, 0.1) is 17.9 Å². The maximum absolute atomic E-state index is 10.9. The fourth-order valence-electron chi connectivity index (χ4n) is 1.98. The predicted molar refractivity (Wildman–Crippen MR) is 66.9 cm³/mol. The lowest BCUT2D eigenvalue weighted by Crippen LogP contribution is -2.21. The van der Waals surface area contributed by atoms with E-state index in [1.54, 1.807) is 12.1 Å². The van der Waals surface area contributed by atoms with Gasteiger partial charge >= 0.3 is 5.97 Å². The van der Waals surface area contributed by atoms with Crippen LogP contribution in [0.15, 0.2) is 18.2 Å². The average molecular weight is 251 g/mol. The highest BCUT2D eigenvalue weighted by atomic mass is 16.5. The molecule has 1 aromatic carbocycles. The highest BCUT2D eigenvalue weighted by Gasteiger charge is 2.16. The van der Waals surface area contributed by atoms with Gasteiger partial charge in [0.15, 0.2) is 0 Å². The molecule has 1 heterocycles. The number of hydrogen-bond acceptors (Lipinski definition) is 4. The molecule has 0 spiro atoms. The minimum absolute atomic E-state index is 0.0828. The second-order valence-corrected chi connectivity index (χ2v) is 4.39. The molecule has 1 saturated heterocycles. The van der Waals surface area contributed by atoms with Crippen LogP contribution in [0.1, 0.15) is 23.2 Å². The number of nitrogens with two attached hydrogens (primary N) is 1. The van der Waals surface area contributed by atoms with Crippen molar-refractivity contribution in [3.63, 3.8) is 0 Å². The molecule has 1 aromatic rings. The molecule has 0 atom stereocenters. The molecule has 1 fully saturated rings. The maximum Gasteiger partial charge on any atom is 0.337 e. The van der Waals surface area contributed by atoms with Crippen molar-refractivity contribution in [2.45, 2.75) is 12.8 Å². The third kappa shape index (κ3) is 2.92. The van der Waals surface area contributed by atoms with E-state index in [9.17, 15) is 4.79 Å². The van der Waals surface area contributed by atoms with E-state index in [0.29, 0.717) is 18.3 Å². The van der Waals surface area contributed by atoms with Gasteiger partial charge in [0.2, 0.25) is 0 Å². The van der Waals surface area contributed by atoms with Crippen molar-refractivity contribution >= 4 is 11.7 Å². The van der Waals surface area contributed by atoms with Crippen LogP contribution in [0.25, 0.3) is 0 Å². The molecule has 5 nitrogen and oxygen atoms in total. The molecule has 0 bridgehead atoms. The molecule has 0 aromatic heterocycles. The van der Waals surface area contributed by atoms with E-state index in [1.165, 1.54) is 6.07 Å². The summed E-state index contributed by atoms with van der Waals surface area (Å²) in [6.07, 6.45) is 1.94. The van der Waals surface area contributed by atoms with Crippen molar-refractivity contribution in [3.05, 3.63) is 23.8 Å². The Labute approximate surface area is 106 Å². The Bertz CT molecular complexity index is 427. The lowest BCUT2D eigenvalue weighted by atomic mass is 10.0. The van der Waals surface area contributed by atoms with Gasteiger partial charge in [-0.3, -0.25) is 0 Å². The first-order valence-electron chi connectivity index (χ1n) is 6.01. The van der Waals surface area contributed by atoms with E-state index >= 15 is 0 Å². The Morgan fingerprint density at radius 3 is 2.83 bits per heavy atom. The van der Waals surface area contributed by atoms with Crippen LogP contribution in [0, 0.1) is 5.92 Å². The first-order valence-corrected chi connectivity index (χ1v) is 6.01. The number of para-hydroxylation sites is 1. The first-order chi connectivity index (χ1) is 8.68. The Morgan fingerprint density at radius 2 is 2.17 bits per heavy atom. The quantitative estimate of drug-likeness (QED) is 0.797. The summed E-state index contributed by atoms with van der Waals surface area (Å²) in [5, 5.41) is 8.95. The molecule has 18 heavy (non-hydrogen) atoms. The summed E-state index contributed by atoms with van der Waals surface area (Å²) >= 11 is 0. The van der Waals surface area contributed by atoms with E-state index in [1.807, 2.05) is 0 Å². The van der Waals surface area contributed by atoms with Gasteiger partial charge in [-0.1, -0.05) is 6.07 Å². The lowest BCUT2D eigenvalue weighted by Gasteiger charge is -2.22. The van der Waals surface area contributed by atoms with Crippen molar-refractivity contribution in [1.29, 1.82) is 0 Å². The summed E-state index contributed by atoms with van der Waals surface area (Å²) in [7, 11) is 0. The van der Waals surface area contributed by atoms with Crippen LogP contribution < -0.4 is 10.5 Å². The number of nitrogen functional groups attached to an aromatic ring is 1. The predicted octanol–water partition coefficient (Wildman–Crippen LogP) is 1.77. The van der Waals surface area contributed by atoms with Crippen LogP contribution in [0.3, 0.4) is 0 Å². The standard InChI is InChI=1S/C13H17NO4/c14-12-10(13(15)16)2-1-3-11(12)18-8-9-4-6-17-7-5-9/h1-3,9H,4-8,14H2,(H,15,16). The topological polar surface area (TPSA) is 81.8 Å². The Hall–Kier alpha value is -1.75. The lowest BCUT2D eigenvalue weighted by molar-refractivity contribution is 0.0498. The third-order valence-corrected chi connectivity index (χ3v) is 3.11. The monoisotopic (exact) mass is 251 g/mol. The van der Waals surface area contributed by atoms with Crippen molar-refractivity contribution in [2.75, 3.05) is 25.6 Å². The van der Waals surface area contributed by atoms with Gasteiger partial charge in [-0.25, -0.2) is 4.79 Å². The number of benzene rings is 1. The van der Waals surface area contributed by atoms with Crippen molar-refractivity contribution in [3.8, 4) is 5.75 Å². The molecule has 98 valence electrons. The number of hydrogen-bond donors (Lipinski definition) is 2. The Kier molecular flexibility index (Phi) is 4.04. The summed E-state index contributed by atoms with van der Waals surface area (Å²) in [6, 6.07) is 4.80. The van der Waals surface area contributed by atoms with Crippen molar-refractivity contribution in [1.82, 2.24) is 0 Å². The van der Waals surface area contributed by atoms with Crippen LogP contribution in [0.2, 0.25) is 0 Å². The highest BCUT2D eigenvalue weighted by Crippen LogP contribution is 2.26. The molecule has 2 rings (SSSR count). The average Bonchev–Trinajstić information content (AvgIpc) is 2.38. The second kappa shape index (κ2) is 5.73. The van der Waals surface area contributed by atoms with Gasteiger partial charge < -0.3 is 20.3 Å². The van der Waals surface area contributed by atoms with Crippen LogP contribution in [-0.4, -0.2) is 30.9 Å². The minimum Gasteiger partial charge on any atom is -0.491 e. The third-order valence-electron chi connectivity index (χ3n) is 3.11. The highest BCUT2D eigenvalue weighted by molar-refractivity contribution is 5.95. The van der Waals surface area contributed by atoms with Crippen LogP contribution in [0.4, 0.5) is 5.69 Å². The number of ether oxygens (including phenoxy) is 2. The van der Waals surface area contributed by atoms with Gasteiger partial charge in [-0.05, 0) is 30.9 Å². The van der Waals surface area contributed by atoms with Gasteiger partial charge in [0, 0.05) is 13.2 Å². The van der Waals surface area contributed by atoms with Gasteiger partial charge in [-0.15, -0.1) is 0 Å². The number of rotatable bonds is 4. The molecule has 0 radical (unpaired) electrons. The summed E-state index contributed by atoms with van der Waals surface area (Å²) in [6.45, 7) is 2.08. The summed E-state index contributed by atoms with van der Waals surface area (Å²) in [5.41, 5.74) is 6.04. The SMILES string of the molecule is Nc1c(OCC2CCOCC2)cccc1C(=O)O. The van der Waals surface area contributed by atoms with Gasteiger partial charge in [0.1, 0.15) is 5.75 Å². The Balaban J connectivity index is 2.00. The molecular weight excluding hydrogens is 234 g/mol. The van der Waals surface area contributed by atoms with E-state index in [-0.39, 0.29) is 11.3 Å². The molecule has 3 N–H and O–H groups in total. The normalized spacial score (nSPS) is 16.4. The maximum atomic E-state index is 10.9. The molecule has 0 saturated carbocycles. The molecule has 1 aliphatic rings. The molecule has 0 unspecified atom stereocenters. The number of carbonyl (C=O) groups is 1.